The molecule has 0 saturated carbocycles. The van der Waals surface area contributed by atoms with Gasteiger partial charge in [-0.1, -0.05) is 0 Å². The summed E-state index contributed by atoms with van der Waals surface area (Å²) in [7, 11) is 1.35. The van der Waals surface area contributed by atoms with Gasteiger partial charge in [0.25, 0.3) is 0 Å². The van der Waals surface area contributed by atoms with E-state index in [9.17, 15) is 9.90 Å². The Kier molecular flexibility index (Phi) is 2.87. The predicted molar refractivity (Wildman–Crippen MR) is 73.6 cm³/mol. The van der Waals surface area contributed by atoms with Gasteiger partial charge in [0.2, 0.25) is 0 Å². The summed E-state index contributed by atoms with van der Waals surface area (Å²) >= 11 is 0. The molecular formula is C15H12N2O3. The lowest BCUT2D eigenvalue weighted by molar-refractivity contribution is 0.0600. The van der Waals surface area contributed by atoms with E-state index in [1.165, 1.54) is 7.11 Å². The van der Waals surface area contributed by atoms with Crippen LogP contribution in [0.4, 0.5) is 0 Å². The van der Waals surface area contributed by atoms with Crippen LogP contribution < -0.4 is 0 Å². The molecule has 0 fully saturated rings. The summed E-state index contributed by atoms with van der Waals surface area (Å²) in [5.74, 6) is 0.582. The van der Waals surface area contributed by atoms with Crippen molar-refractivity contribution in [3.63, 3.8) is 0 Å². The summed E-state index contributed by atoms with van der Waals surface area (Å²) in [6.45, 7) is 0. The van der Waals surface area contributed by atoms with Crippen LogP contribution in [-0.2, 0) is 4.74 Å². The van der Waals surface area contributed by atoms with E-state index < -0.39 is 0 Å². The minimum atomic E-state index is -0.375. The molecule has 1 N–H and O–H groups in total. The third-order valence-corrected chi connectivity index (χ3v) is 3.08. The molecule has 0 amide bonds. The number of carbonyl (C=O) groups is 1. The van der Waals surface area contributed by atoms with E-state index in [1.807, 2.05) is 4.40 Å². The van der Waals surface area contributed by atoms with Gasteiger partial charge in [0.1, 0.15) is 11.6 Å². The van der Waals surface area contributed by atoms with Crippen LogP contribution >= 0.6 is 0 Å². The van der Waals surface area contributed by atoms with Gasteiger partial charge in [-0.15, -0.1) is 0 Å². The maximum atomic E-state index is 11.5. The Hall–Kier alpha value is -2.82. The van der Waals surface area contributed by atoms with Crippen molar-refractivity contribution in [2.45, 2.75) is 0 Å². The van der Waals surface area contributed by atoms with Crippen LogP contribution in [0.1, 0.15) is 10.4 Å². The zero-order valence-electron chi connectivity index (χ0n) is 10.8. The zero-order valence-corrected chi connectivity index (χ0v) is 10.8. The van der Waals surface area contributed by atoms with Crippen molar-refractivity contribution >= 4 is 11.5 Å². The number of methoxy groups -OCH3 is 1. The number of rotatable bonds is 2. The molecule has 5 nitrogen and oxygen atoms in total. The van der Waals surface area contributed by atoms with Crippen LogP contribution in [0.15, 0.2) is 48.8 Å². The van der Waals surface area contributed by atoms with Crippen molar-refractivity contribution in [2.75, 3.05) is 7.11 Å². The molecule has 0 radical (unpaired) electrons. The van der Waals surface area contributed by atoms with Gasteiger partial charge in [-0.25, -0.2) is 9.78 Å². The van der Waals surface area contributed by atoms with E-state index in [4.69, 9.17) is 4.74 Å². The lowest BCUT2D eigenvalue weighted by Gasteiger charge is -2.03. The van der Waals surface area contributed by atoms with Crippen molar-refractivity contribution in [1.29, 1.82) is 0 Å². The second-order valence-electron chi connectivity index (χ2n) is 4.33. The first-order valence-corrected chi connectivity index (χ1v) is 6.04. The molecule has 0 saturated heterocycles. The summed E-state index contributed by atoms with van der Waals surface area (Å²) in [5, 5.41) is 9.31. The number of nitrogens with zero attached hydrogens (tertiary/aromatic N) is 2. The number of carbonyl (C=O) groups excluding carboxylic acids is 1. The molecule has 0 aliphatic rings. The Morgan fingerprint density at radius 1 is 1.25 bits per heavy atom. The van der Waals surface area contributed by atoms with Crippen LogP contribution in [0.2, 0.25) is 0 Å². The fourth-order valence-corrected chi connectivity index (χ4v) is 2.07. The second kappa shape index (κ2) is 4.70. The molecule has 0 aliphatic carbocycles. The number of pyridine rings is 1. The van der Waals surface area contributed by atoms with E-state index in [0.29, 0.717) is 5.56 Å². The number of imidazole rings is 1. The minimum absolute atomic E-state index is 0.211. The first kappa shape index (κ1) is 12.2. The molecule has 0 spiro atoms. The number of aromatic nitrogens is 2. The van der Waals surface area contributed by atoms with Gasteiger partial charge in [-0.3, -0.25) is 4.40 Å². The van der Waals surface area contributed by atoms with Crippen LogP contribution in [0, 0.1) is 0 Å². The molecule has 0 aliphatic heterocycles. The minimum Gasteiger partial charge on any atom is -0.508 e. The van der Waals surface area contributed by atoms with Gasteiger partial charge >= 0.3 is 5.97 Å². The third kappa shape index (κ3) is 1.99. The molecule has 2 heterocycles. The van der Waals surface area contributed by atoms with E-state index in [-0.39, 0.29) is 11.7 Å². The number of ether oxygens (including phenoxy) is 1. The lowest BCUT2D eigenvalue weighted by Crippen LogP contribution is -2.01. The summed E-state index contributed by atoms with van der Waals surface area (Å²) in [6, 6.07) is 10.2. The van der Waals surface area contributed by atoms with Gasteiger partial charge in [0, 0.05) is 11.8 Å². The maximum Gasteiger partial charge on any atom is 0.337 e. The van der Waals surface area contributed by atoms with E-state index in [2.05, 4.69) is 4.98 Å². The number of hydrogen-bond donors (Lipinski definition) is 1. The Labute approximate surface area is 115 Å². The largest absolute Gasteiger partial charge is 0.508 e. The number of phenols is 1. The first-order valence-electron chi connectivity index (χ1n) is 6.04. The van der Waals surface area contributed by atoms with E-state index >= 15 is 0 Å². The van der Waals surface area contributed by atoms with Gasteiger partial charge in [-0.2, -0.15) is 0 Å². The highest BCUT2D eigenvalue weighted by molar-refractivity contribution is 5.90. The molecule has 3 aromatic rings. The molecule has 100 valence electrons. The zero-order chi connectivity index (χ0) is 14.1. The molecular weight excluding hydrogens is 256 g/mol. The number of phenolic OH excluding ortho intramolecular Hbond substituents is 1. The lowest BCUT2D eigenvalue weighted by atomic mass is 10.2. The SMILES string of the molecule is COC(=O)c1ccn2c(-c3ccc(O)cc3)ncc2c1. The molecule has 3 rings (SSSR count). The standard InChI is InChI=1S/C15H12N2O3/c1-20-15(19)11-6-7-17-12(8-11)9-16-14(17)10-2-4-13(18)5-3-10/h2-9,18H,1H3. The van der Waals surface area contributed by atoms with Crippen LogP contribution in [0.25, 0.3) is 16.9 Å². The fraction of sp³-hybridized carbons (Fsp3) is 0.0667. The molecule has 20 heavy (non-hydrogen) atoms. The third-order valence-electron chi connectivity index (χ3n) is 3.08. The molecule has 0 bridgehead atoms. The number of benzene rings is 1. The van der Waals surface area contributed by atoms with Gasteiger partial charge in [0.05, 0.1) is 24.4 Å². The number of fused-ring (bicyclic) bond motifs is 1. The Morgan fingerprint density at radius 2 is 2.00 bits per heavy atom. The smallest absolute Gasteiger partial charge is 0.337 e. The summed E-state index contributed by atoms with van der Waals surface area (Å²) < 4.78 is 6.57. The highest BCUT2D eigenvalue weighted by Crippen LogP contribution is 2.22. The monoisotopic (exact) mass is 268 g/mol. The average Bonchev–Trinajstić information content (AvgIpc) is 2.90. The molecule has 0 unspecified atom stereocenters. The van der Waals surface area contributed by atoms with Crippen LogP contribution in [0.3, 0.4) is 0 Å². The summed E-state index contributed by atoms with van der Waals surface area (Å²) in [6.07, 6.45) is 3.46. The molecule has 2 aromatic heterocycles. The predicted octanol–water partition coefficient (Wildman–Crippen LogP) is 2.49. The van der Waals surface area contributed by atoms with Crippen molar-refractivity contribution in [2.24, 2.45) is 0 Å². The van der Waals surface area contributed by atoms with Gasteiger partial charge in [0.15, 0.2) is 0 Å². The fourth-order valence-electron chi connectivity index (χ4n) is 2.07. The number of hydrogen-bond acceptors (Lipinski definition) is 4. The Morgan fingerprint density at radius 3 is 2.70 bits per heavy atom. The Bertz CT molecular complexity index is 775. The maximum absolute atomic E-state index is 11.5. The number of aromatic hydroxyl groups is 1. The summed E-state index contributed by atoms with van der Waals surface area (Å²) in [5.41, 5.74) is 2.17. The molecule has 1 aromatic carbocycles. The van der Waals surface area contributed by atoms with Crippen LogP contribution in [-0.4, -0.2) is 27.6 Å². The molecule has 0 atom stereocenters. The number of esters is 1. The van der Waals surface area contributed by atoms with Crippen molar-refractivity contribution in [3.8, 4) is 17.1 Å². The van der Waals surface area contributed by atoms with E-state index in [1.54, 1.807) is 48.8 Å². The van der Waals surface area contributed by atoms with Gasteiger partial charge in [-0.05, 0) is 36.4 Å². The van der Waals surface area contributed by atoms with Crippen molar-refractivity contribution in [1.82, 2.24) is 9.38 Å². The first-order chi connectivity index (χ1) is 9.69. The normalized spacial score (nSPS) is 10.7. The Balaban J connectivity index is 2.10. The molecule has 5 heteroatoms. The van der Waals surface area contributed by atoms with Crippen LogP contribution in [0.5, 0.6) is 5.75 Å². The average molecular weight is 268 g/mol. The summed E-state index contributed by atoms with van der Waals surface area (Å²) in [4.78, 5) is 15.8. The van der Waals surface area contributed by atoms with E-state index in [0.717, 1.165) is 16.9 Å². The van der Waals surface area contributed by atoms with Crippen molar-refractivity contribution in [3.05, 3.63) is 54.4 Å². The highest BCUT2D eigenvalue weighted by Gasteiger charge is 2.10. The quantitative estimate of drug-likeness (QED) is 0.725. The highest BCUT2D eigenvalue weighted by atomic mass is 16.5. The topological polar surface area (TPSA) is 63.8 Å². The van der Waals surface area contributed by atoms with Crippen molar-refractivity contribution < 1.29 is 14.6 Å². The second-order valence-corrected chi connectivity index (χ2v) is 4.33. The van der Waals surface area contributed by atoms with Gasteiger partial charge < -0.3 is 9.84 Å².